The topological polar surface area (TPSA) is 69.9 Å². The third-order valence-corrected chi connectivity index (χ3v) is 6.41. The second kappa shape index (κ2) is 9.06. The first kappa shape index (κ1) is 21.3. The maximum atomic E-state index is 13.2. The van der Waals surface area contributed by atoms with E-state index in [4.69, 9.17) is 5.10 Å². The minimum absolute atomic E-state index is 0.101. The summed E-state index contributed by atoms with van der Waals surface area (Å²) in [5.41, 5.74) is 3.73. The number of H-pyrrole nitrogens is 1. The average molecular weight is 436 g/mol. The number of carbonyl (C=O) groups excluding carboxylic acids is 1. The molecule has 2 aromatic carbocycles. The number of hydrogen-bond acceptors (Lipinski definition) is 4. The highest BCUT2D eigenvalue weighted by atomic mass is 32.2. The summed E-state index contributed by atoms with van der Waals surface area (Å²) in [6.45, 7) is 5.74. The second-order valence-electron chi connectivity index (χ2n) is 7.80. The summed E-state index contributed by atoms with van der Waals surface area (Å²) < 4.78 is 1.72. The number of thioether (sulfide) groups is 1. The van der Waals surface area contributed by atoms with Crippen LogP contribution in [0.25, 0.3) is 11.3 Å². The lowest BCUT2D eigenvalue weighted by molar-refractivity contribution is -0.763. The average Bonchev–Trinajstić information content (AvgIpc) is 2.76. The number of hydrogen-bond donors (Lipinski definition) is 1. The summed E-state index contributed by atoms with van der Waals surface area (Å²) in [6, 6.07) is 15.5. The van der Waals surface area contributed by atoms with Crippen LogP contribution in [0.2, 0.25) is 0 Å². The van der Waals surface area contributed by atoms with E-state index in [0.717, 1.165) is 41.8 Å². The number of unbranched alkanes of at least 4 members (excludes halogenated alkanes) is 2. The van der Waals surface area contributed by atoms with Gasteiger partial charge in [0.2, 0.25) is 11.1 Å². The molecule has 1 amide bonds. The van der Waals surface area contributed by atoms with Crippen LogP contribution in [0, 0.1) is 6.92 Å². The molecule has 3 aromatic rings. The number of nitrogens with one attached hydrogen (secondary N) is 1. The van der Waals surface area contributed by atoms with Crippen LogP contribution in [0.4, 0.5) is 5.69 Å². The maximum Gasteiger partial charge on any atom is 0.325 e. The molecule has 6 nitrogen and oxygen atoms in total. The number of anilines is 1. The molecule has 0 unspecified atom stereocenters. The monoisotopic (exact) mass is 435 g/mol. The summed E-state index contributed by atoms with van der Waals surface area (Å²) >= 11 is 1.55. The fourth-order valence-electron chi connectivity index (χ4n) is 3.94. The quantitative estimate of drug-likeness (QED) is 0.357. The van der Waals surface area contributed by atoms with Crippen molar-refractivity contribution in [1.29, 1.82) is 0 Å². The van der Waals surface area contributed by atoms with Gasteiger partial charge in [0.1, 0.15) is 0 Å². The first-order valence-corrected chi connectivity index (χ1v) is 11.6. The van der Waals surface area contributed by atoms with Crippen molar-refractivity contribution in [3.8, 4) is 11.3 Å². The maximum absolute atomic E-state index is 13.2. The van der Waals surface area contributed by atoms with Gasteiger partial charge in [-0.25, -0.2) is 4.90 Å². The molecule has 1 aromatic heterocycles. The Morgan fingerprint density at radius 2 is 1.90 bits per heavy atom. The molecule has 1 aliphatic rings. The van der Waals surface area contributed by atoms with Crippen LogP contribution in [-0.4, -0.2) is 21.7 Å². The lowest BCUT2D eigenvalue weighted by Gasteiger charge is -2.31. The van der Waals surface area contributed by atoms with E-state index in [1.165, 1.54) is 0 Å². The van der Waals surface area contributed by atoms with E-state index in [1.54, 1.807) is 28.3 Å². The first-order valence-electron chi connectivity index (χ1n) is 10.7. The Bertz CT molecular complexity index is 1160. The molecule has 0 bridgehead atoms. The van der Waals surface area contributed by atoms with Gasteiger partial charge in [-0.2, -0.15) is 0 Å². The van der Waals surface area contributed by atoms with Gasteiger partial charge in [-0.3, -0.25) is 14.6 Å². The normalized spacial score (nSPS) is 14.8. The van der Waals surface area contributed by atoms with Gasteiger partial charge >= 0.3 is 11.3 Å². The van der Waals surface area contributed by atoms with Crippen molar-refractivity contribution >= 4 is 23.4 Å². The lowest BCUT2D eigenvalue weighted by atomic mass is 10.0. The number of nitrogens with zero attached hydrogens (tertiary/aromatic N) is 3. The predicted molar refractivity (Wildman–Crippen MR) is 123 cm³/mol. The molecule has 0 spiro atoms. The molecule has 0 fully saturated rings. The molecular formula is C24H27N4O2S+. The predicted octanol–water partition coefficient (Wildman–Crippen LogP) is 4.23. The van der Waals surface area contributed by atoms with Gasteiger partial charge in [0, 0.05) is 23.3 Å². The summed E-state index contributed by atoms with van der Waals surface area (Å²) in [6.07, 6.45) is 2.83. The Labute approximate surface area is 186 Å². The minimum Gasteiger partial charge on any atom is -0.291 e. The molecule has 1 atom stereocenters. The molecular weight excluding hydrogens is 408 g/mol. The van der Waals surface area contributed by atoms with E-state index in [-0.39, 0.29) is 11.5 Å². The SMILES string of the molecule is CCCCCSc1n[n+]2c(c(=O)[nH]1)-c1ccccc1N(C(C)=O)[C@@H]2c1ccc(C)cc1. The molecule has 31 heavy (non-hydrogen) atoms. The zero-order chi connectivity index (χ0) is 22.0. The van der Waals surface area contributed by atoms with Gasteiger partial charge in [-0.15, -0.1) is 0 Å². The molecule has 1 N–H and O–H groups in total. The van der Waals surface area contributed by atoms with Crippen LogP contribution in [0.1, 0.15) is 50.4 Å². The van der Waals surface area contributed by atoms with Gasteiger partial charge < -0.3 is 0 Å². The van der Waals surface area contributed by atoms with Crippen molar-refractivity contribution in [3.05, 3.63) is 70.0 Å². The molecule has 4 rings (SSSR count). The Kier molecular flexibility index (Phi) is 6.23. The molecule has 0 saturated heterocycles. The standard InChI is InChI=1S/C24H26N4O2S/c1-4-5-8-15-31-24-25-22(30)21-19-9-6-7-10-20(19)27(17(3)29)23(28(21)26-24)18-13-11-16(2)12-14-18/h6-7,9-14,23H,4-5,8,15H2,1-3H3/p+1/t23-/m0/s1. The van der Waals surface area contributed by atoms with Crippen LogP contribution in [0.15, 0.2) is 58.5 Å². The summed E-state index contributed by atoms with van der Waals surface area (Å²) in [5, 5.41) is 5.39. The molecule has 7 heteroatoms. The highest BCUT2D eigenvalue weighted by molar-refractivity contribution is 7.99. The Balaban J connectivity index is 1.90. The summed E-state index contributed by atoms with van der Waals surface area (Å²) in [7, 11) is 0. The van der Waals surface area contributed by atoms with Crippen molar-refractivity contribution in [1.82, 2.24) is 10.1 Å². The van der Waals surface area contributed by atoms with Gasteiger partial charge in [0.25, 0.3) is 6.17 Å². The first-order chi connectivity index (χ1) is 15.0. The smallest absolute Gasteiger partial charge is 0.291 e. The molecule has 0 aliphatic carbocycles. The van der Waals surface area contributed by atoms with Crippen molar-refractivity contribution < 1.29 is 9.48 Å². The van der Waals surface area contributed by atoms with Gasteiger partial charge in [0.15, 0.2) is 0 Å². The van der Waals surface area contributed by atoms with Crippen molar-refractivity contribution in [2.24, 2.45) is 0 Å². The molecule has 0 radical (unpaired) electrons. The Morgan fingerprint density at radius 1 is 1.16 bits per heavy atom. The molecule has 0 saturated carbocycles. The number of benzene rings is 2. The molecule has 160 valence electrons. The van der Waals surface area contributed by atoms with Crippen molar-refractivity contribution in [3.63, 3.8) is 0 Å². The van der Waals surface area contributed by atoms with Crippen molar-refractivity contribution in [2.75, 3.05) is 10.7 Å². The van der Waals surface area contributed by atoms with Crippen molar-refractivity contribution in [2.45, 2.75) is 51.4 Å². The Hall–Kier alpha value is -2.93. The van der Waals surface area contributed by atoms with E-state index in [0.29, 0.717) is 16.4 Å². The number of aryl methyl sites for hydroxylation is 1. The highest BCUT2D eigenvalue weighted by Crippen LogP contribution is 2.37. The number of aromatic nitrogens is 3. The fourth-order valence-corrected chi connectivity index (χ4v) is 4.79. The number of rotatable bonds is 6. The lowest BCUT2D eigenvalue weighted by Crippen LogP contribution is -2.60. The van der Waals surface area contributed by atoms with Crippen LogP contribution in [0.3, 0.4) is 0 Å². The fraction of sp³-hybridized carbons (Fsp3) is 0.333. The van der Waals surface area contributed by atoms with E-state index in [9.17, 15) is 9.59 Å². The Morgan fingerprint density at radius 3 is 2.61 bits per heavy atom. The number of amides is 1. The molecule has 2 heterocycles. The largest absolute Gasteiger partial charge is 0.325 e. The van der Waals surface area contributed by atoms with Crippen LogP contribution in [-0.2, 0) is 4.79 Å². The highest BCUT2D eigenvalue weighted by Gasteiger charge is 2.44. The second-order valence-corrected chi connectivity index (χ2v) is 8.88. The number of carbonyl (C=O) groups is 1. The third kappa shape index (κ3) is 4.14. The van der Waals surface area contributed by atoms with Gasteiger partial charge in [-0.1, -0.05) is 61.4 Å². The number of para-hydroxylation sites is 1. The van der Waals surface area contributed by atoms with Crippen LogP contribution < -0.4 is 15.1 Å². The number of fused-ring (bicyclic) bond motifs is 3. The third-order valence-electron chi connectivity index (χ3n) is 5.46. The van der Waals surface area contributed by atoms with E-state index < -0.39 is 6.17 Å². The zero-order valence-corrected chi connectivity index (χ0v) is 18.9. The summed E-state index contributed by atoms with van der Waals surface area (Å²) in [4.78, 5) is 30.7. The van der Waals surface area contributed by atoms with Gasteiger partial charge in [0.05, 0.1) is 11.3 Å². The van der Waals surface area contributed by atoms with E-state index >= 15 is 0 Å². The zero-order valence-electron chi connectivity index (χ0n) is 18.1. The summed E-state index contributed by atoms with van der Waals surface area (Å²) in [5.74, 6) is 0.786. The van der Waals surface area contributed by atoms with E-state index in [1.807, 2.05) is 55.5 Å². The van der Waals surface area contributed by atoms with Gasteiger partial charge in [-0.05, 0) is 42.3 Å². The van der Waals surface area contributed by atoms with E-state index in [2.05, 4.69) is 11.9 Å². The minimum atomic E-state index is -0.528. The van der Waals surface area contributed by atoms with Crippen LogP contribution in [0.5, 0.6) is 0 Å². The molecule has 1 aliphatic heterocycles. The van der Waals surface area contributed by atoms with Crippen LogP contribution >= 0.6 is 11.8 Å². The number of aromatic amines is 1.